The number of fused-ring (bicyclic) bond motifs is 3. The van der Waals surface area contributed by atoms with Crippen molar-refractivity contribution in [3.63, 3.8) is 0 Å². The van der Waals surface area contributed by atoms with E-state index in [0.29, 0.717) is 6.07 Å². The largest absolute Gasteiger partial charge is 0.449 e. The molecule has 32 heavy (non-hydrogen) atoms. The van der Waals surface area contributed by atoms with Crippen LogP contribution < -0.4 is 10.2 Å². The summed E-state index contributed by atoms with van der Waals surface area (Å²) >= 11 is 0. The normalized spacial score (nSPS) is 22.0. The molecular formula is C20H17F7N2O3. The molecule has 5 nitrogen and oxygen atoms in total. The Morgan fingerprint density at radius 3 is 2.56 bits per heavy atom. The van der Waals surface area contributed by atoms with Gasteiger partial charge in [0.1, 0.15) is 11.4 Å². The number of alkyl halides is 7. The molecule has 4 rings (SSSR count). The molecular weight excluding hydrogens is 449 g/mol. The average Bonchev–Trinajstić information content (AvgIpc) is 3.00. The molecule has 1 atom stereocenters. The molecule has 1 N–H and O–H groups in total. The van der Waals surface area contributed by atoms with Crippen LogP contribution in [0, 0.1) is 5.92 Å². The van der Waals surface area contributed by atoms with Gasteiger partial charge in [-0.15, -0.1) is 0 Å². The van der Waals surface area contributed by atoms with Crippen molar-refractivity contribution in [2.24, 2.45) is 5.92 Å². The highest BCUT2D eigenvalue weighted by molar-refractivity contribution is 6.07. The molecule has 1 aliphatic carbocycles. The van der Waals surface area contributed by atoms with E-state index < -0.39 is 72.8 Å². The summed E-state index contributed by atoms with van der Waals surface area (Å²) in [5.74, 6) is -12.4. The van der Waals surface area contributed by atoms with Crippen LogP contribution in [0.3, 0.4) is 0 Å². The lowest BCUT2D eigenvalue weighted by Crippen LogP contribution is -2.52. The zero-order chi connectivity index (χ0) is 23.5. The molecule has 1 aliphatic heterocycles. The number of anilines is 1. The lowest BCUT2D eigenvalue weighted by Gasteiger charge is -2.38. The summed E-state index contributed by atoms with van der Waals surface area (Å²) in [5, 5.41) is 2.14. The minimum atomic E-state index is -4.75. The summed E-state index contributed by atoms with van der Waals surface area (Å²) in [6.07, 6.45) is -7.26. The highest BCUT2D eigenvalue weighted by Gasteiger charge is 2.57. The summed E-state index contributed by atoms with van der Waals surface area (Å²) < 4.78 is 104. The molecule has 1 aromatic carbocycles. The summed E-state index contributed by atoms with van der Waals surface area (Å²) in [5.41, 5.74) is -1.56. The summed E-state index contributed by atoms with van der Waals surface area (Å²) in [6.45, 7) is -1.78. The van der Waals surface area contributed by atoms with E-state index in [-0.39, 0.29) is 29.7 Å². The van der Waals surface area contributed by atoms with Gasteiger partial charge in [-0.3, -0.25) is 9.59 Å². The number of carbonyl (C=O) groups excluding carboxylic acids is 2. The third-order valence-corrected chi connectivity index (χ3v) is 5.77. The Kier molecular flexibility index (Phi) is 5.17. The standard InChI is InChI=1S/C20H17F7N2O3/c21-18(22)4-3-11(30)8-14(18)19(23,24)9-29-6-5-28-17(31)16-15(29)12-7-10(20(25,26)27)1-2-13(12)32-16/h1-2,7,14H,3-6,8-9H2,(H,28,31). The monoisotopic (exact) mass is 466 g/mol. The number of benzene rings is 1. The van der Waals surface area contributed by atoms with Crippen molar-refractivity contribution in [3.05, 3.63) is 29.5 Å². The molecule has 2 heterocycles. The zero-order valence-corrected chi connectivity index (χ0v) is 16.4. The first-order valence-electron chi connectivity index (χ1n) is 9.74. The third-order valence-electron chi connectivity index (χ3n) is 5.77. The van der Waals surface area contributed by atoms with Gasteiger partial charge in [0.2, 0.25) is 5.76 Å². The molecule has 1 fully saturated rings. The molecule has 0 spiro atoms. The van der Waals surface area contributed by atoms with E-state index in [1.807, 2.05) is 0 Å². The van der Waals surface area contributed by atoms with E-state index in [9.17, 15) is 31.5 Å². The Morgan fingerprint density at radius 2 is 1.88 bits per heavy atom. The van der Waals surface area contributed by atoms with E-state index in [4.69, 9.17) is 4.42 Å². The molecule has 1 unspecified atom stereocenters. The zero-order valence-electron chi connectivity index (χ0n) is 16.4. The van der Waals surface area contributed by atoms with Crippen LogP contribution in [0.2, 0.25) is 0 Å². The van der Waals surface area contributed by atoms with Gasteiger partial charge >= 0.3 is 6.18 Å². The van der Waals surface area contributed by atoms with Crippen molar-refractivity contribution in [3.8, 4) is 0 Å². The molecule has 174 valence electrons. The number of hydrogen-bond acceptors (Lipinski definition) is 4. The lowest BCUT2D eigenvalue weighted by molar-refractivity contribution is -0.187. The van der Waals surface area contributed by atoms with Crippen LogP contribution in [0.25, 0.3) is 11.0 Å². The van der Waals surface area contributed by atoms with Crippen LogP contribution in [-0.4, -0.2) is 43.2 Å². The maximum Gasteiger partial charge on any atom is 0.416 e. The summed E-state index contributed by atoms with van der Waals surface area (Å²) in [4.78, 5) is 24.8. The van der Waals surface area contributed by atoms with Gasteiger partial charge in [-0.05, 0) is 18.2 Å². The number of nitrogens with zero attached hydrogens (tertiary/aromatic N) is 1. The van der Waals surface area contributed by atoms with Crippen LogP contribution in [0.15, 0.2) is 22.6 Å². The number of amides is 1. The van der Waals surface area contributed by atoms with Crippen molar-refractivity contribution in [2.75, 3.05) is 24.5 Å². The van der Waals surface area contributed by atoms with Crippen molar-refractivity contribution in [1.29, 1.82) is 0 Å². The first-order valence-corrected chi connectivity index (χ1v) is 9.74. The van der Waals surface area contributed by atoms with E-state index in [1.165, 1.54) is 0 Å². The first kappa shape index (κ1) is 22.4. The van der Waals surface area contributed by atoms with Crippen LogP contribution in [-0.2, 0) is 11.0 Å². The van der Waals surface area contributed by atoms with Crippen LogP contribution in [0.4, 0.5) is 36.4 Å². The van der Waals surface area contributed by atoms with Crippen LogP contribution in [0.5, 0.6) is 0 Å². The third kappa shape index (κ3) is 3.90. The lowest BCUT2D eigenvalue weighted by atomic mass is 9.80. The van der Waals surface area contributed by atoms with E-state index in [0.717, 1.165) is 17.0 Å². The van der Waals surface area contributed by atoms with Crippen molar-refractivity contribution in [2.45, 2.75) is 37.3 Å². The molecule has 1 saturated carbocycles. The number of ketones is 1. The van der Waals surface area contributed by atoms with Gasteiger partial charge in [-0.2, -0.15) is 13.2 Å². The van der Waals surface area contributed by atoms with Gasteiger partial charge in [-0.1, -0.05) is 0 Å². The number of furan rings is 1. The quantitative estimate of drug-likeness (QED) is 0.670. The van der Waals surface area contributed by atoms with Gasteiger partial charge in [0.25, 0.3) is 17.8 Å². The molecule has 0 radical (unpaired) electrons. The molecule has 0 bridgehead atoms. The number of rotatable bonds is 3. The molecule has 2 aliphatic rings. The second-order valence-corrected chi connectivity index (χ2v) is 7.98. The number of carbonyl (C=O) groups is 2. The summed E-state index contributed by atoms with van der Waals surface area (Å²) in [6, 6.07) is 2.35. The second kappa shape index (κ2) is 7.38. The Morgan fingerprint density at radius 1 is 1.16 bits per heavy atom. The van der Waals surface area contributed by atoms with Gasteiger partial charge in [0, 0.05) is 37.7 Å². The van der Waals surface area contributed by atoms with Crippen molar-refractivity contribution >= 4 is 28.3 Å². The van der Waals surface area contributed by atoms with E-state index >= 15 is 8.78 Å². The molecule has 2 aromatic rings. The van der Waals surface area contributed by atoms with Gasteiger partial charge in [0.05, 0.1) is 23.7 Å². The fourth-order valence-electron chi connectivity index (χ4n) is 4.17. The van der Waals surface area contributed by atoms with Crippen molar-refractivity contribution in [1.82, 2.24) is 5.32 Å². The van der Waals surface area contributed by atoms with Crippen LogP contribution >= 0.6 is 0 Å². The fourth-order valence-corrected chi connectivity index (χ4v) is 4.17. The highest BCUT2D eigenvalue weighted by Crippen LogP contribution is 2.47. The molecule has 1 amide bonds. The number of Topliss-reactive ketones (excluding diaryl/α,β-unsaturated/α-hetero) is 1. The maximum absolute atomic E-state index is 15.1. The second-order valence-electron chi connectivity index (χ2n) is 7.98. The Hall–Kier alpha value is -2.79. The number of halogens is 7. The fraction of sp³-hybridized carbons (Fsp3) is 0.500. The molecule has 1 aromatic heterocycles. The predicted octanol–water partition coefficient (Wildman–Crippen LogP) is 4.64. The smallest absolute Gasteiger partial charge is 0.416 e. The maximum atomic E-state index is 15.1. The van der Waals surface area contributed by atoms with Crippen LogP contribution in [0.1, 0.15) is 35.4 Å². The minimum absolute atomic E-state index is 0.147. The molecule has 12 heteroatoms. The molecule has 0 saturated heterocycles. The van der Waals surface area contributed by atoms with Crippen molar-refractivity contribution < 1.29 is 44.7 Å². The highest BCUT2D eigenvalue weighted by atomic mass is 19.4. The number of hydrogen-bond donors (Lipinski definition) is 1. The van der Waals surface area contributed by atoms with Gasteiger partial charge < -0.3 is 14.6 Å². The Labute approximate surface area is 176 Å². The first-order chi connectivity index (χ1) is 14.8. The van der Waals surface area contributed by atoms with Gasteiger partial charge in [0.15, 0.2) is 0 Å². The number of nitrogens with one attached hydrogen (secondary N) is 1. The van der Waals surface area contributed by atoms with E-state index in [1.54, 1.807) is 0 Å². The SMILES string of the molecule is O=C1CCC(F)(F)C(C(F)(F)CN2CCNC(=O)c3oc4ccc(C(F)(F)F)cc4c32)C1. The Balaban J connectivity index is 1.78. The minimum Gasteiger partial charge on any atom is -0.449 e. The summed E-state index contributed by atoms with van der Waals surface area (Å²) in [7, 11) is 0. The van der Waals surface area contributed by atoms with E-state index in [2.05, 4.69) is 5.32 Å². The topological polar surface area (TPSA) is 62.6 Å². The van der Waals surface area contributed by atoms with Gasteiger partial charge in [-0.25, -0.2) is 17.6 Å². The Bertz CT molecular complexity index is 1080. The average molecular weight is 466 g/mol. The predicted molar refractivity (Wildman–Crippen MR) is 98.0 cm³/mol.